The molecular weight excluding hydrogens is 76.1 g/mol. The summed E-state index contributed by atoms with van der Waals surface area (Å²) in [6.45, 7) is 4.95. The normalized spacial score (nSPS) is 11.2. The van der Waals surface area contributed by atoms with Gasteiger partial charge in [-0.25, -0.2) is 0 Å². The van der Waals surface area contributed by atoms with Gasteiger partial charge in [-0.3, -0.25) is 4.99 Å². The van der Waals surface area contributed by atoms with Crippen LogP contribution in [0.4, 0.5) is 0 Å². The zero-order chi connectivity index (χ0) is 4.99. The lowest BCUT2D eigenvalue weighted by Crippen LogP contribution is -1.87. The van der Waals surface area contributed by atoms with Crippen LogP contribution >= 0.6 is 0 Å². The summed E-state index contributed by atoms with van der Waals surface area (Å²) >= 11 is 0. The monoisotopic (exact) mass is 84.1 g/mol. The van der Waals surface area contributed by atoms with E-state index < -0.39 is 0 Å². The first-order valence-corrected chi connectivity index (χ1v) is 1.65. The summed E-state index contributed by atoms with van der Waals surface area (Å²) in [7, 11) is 0. The fourth-order valence-electron chi connectivity index (χ4n) is 0.144. The molecule has 0 saturated carbocycles. The highest BCUT2D eigenvalue weighted by Gasteiger charge is 1.64. The van der Waals surface area contributed by atoms with Gasteiger partial charge >= 0.3 is 0 Å². The number of aliphatic imine (C=N–C) groups is 1. The van der Waals surface area contributed by atoms with E-state index in [2.05, 4.69) is 11.7 Å². The summed E-state index contributed by atoms with van der Waals surface area (Å²) in [5.41, 5.74) is 5.82. The van der Waals surface area contributed by atoms with Crippen molar-refractivity contribution in [2.75, 3.05) is 0 Å². The van der Waals surface area contributed by atoms with Crippen LogP contribution in [0.3, 0.4) is 0 Å². The minimum absolute atomic E-state index is 0.685. The first-order valence-electron chi connectivity index (χ1n) is 1.65. The van der Waals surface area contributed by atoms with Crippen LogP contribution in [0.5, 0.6) is 0 Å². The Bertz CT molecular complexity index is 69.6. The molecule has 0 radical (unpaired) electrons. The second-order valence-electron chi connectivity index (χ2n) is 1.06. The van der Waals surface area contributed by atoms with Gasteiger partial charge in [0.1, 0.15) is 0 Å². The molecule has 0 rings (SSSR count). The zero-order valence-corrected chi connectivity index (χ0v) is 3.81. The first-order chi connectivity index (χ1) is 2.77. The van der Waals surface area contributed by atoms with Crippen LogP contribution in [0, 0.1) is 0 Å². The van der Waals surface area contributed by atoms with Gasteiger partial charge in [0, 0.05) is 11.9 Å². The number of hydrogen-bond donors (Lipinski definition) is 1. The Balaban J connectivity index is 3.41. The highest BCUT2D eigenvalue weighted by molar-refractivity contribution is 5.25. The van der Waals surface area contributed by atoms with Gasteiger partial charge in [-0.2, -0.15) is 0 Å². The maximum absolute atomic E-state index is 5.13. The third-order valence-electron chi connectivity index (χ3n) is 0.295. The summed E-state index contributed by atoms with van der Waals surface area (Å²) in [4.78, 5) is 3.40. The standard InChI is InChI=1S/C4H8N2/c1-4(5)3-6-2/h3H,2,5H2,1H3/b4-3-. The van der Waals surface area contributed by atoms with Crippen molar-refractivity contribution in [2.45, 2.75) is 6.92 Å². The Morgan fingerprint density at radius 1 is 2.00 bits per heavy atom. The van der Waals surface area contributed by atoms with Gasteiger partial charge in [-0.15, -0.1) is 0 Å². The quantitative estimate of drug-likeness (QED) is 0.462. The van der Waals surface area contributed by atoms with E-state index in [0.717, 1.165) is 0 Å². The molecule has 2 heteroatoms. The number of nitrogens with zero attached hydrogens (tertiary/aromatic N) is 1. The Hall–Kier alpha value is -0.790. The van der Waals surface area contributed by atoms with Crippen LogP contribution in [0.2, 0.25) is 0 Å². The van der Waals surface area contributed by atoms with E-state index in [-0.39, 0.29) is 0 Å². The molecule has 0 saturated heterocycles. The molecule has 0 aliphatic heterocycles. The number of rotatable bonds is 1. The molecule has 0 aromatic rings. The van der Waals surface area contributed by atoms with Crippen molar-refractivity contribution >= 4 is 6.72 Å². The van der Waals surface area contributed by atoms with Crippen molar-refractivity contribution in [3.63, 3.8) is 0 Å². The molecule has 0 aliphatic rings. The molecule has 0 aliphatic carbocycles. The maximum atomic E-state index is 5.13. The number of allylic oxidation sites excluding steroid dienone is 1. The third kappa shape index (κ3) is 3.21. The molecule has 0 atom stereocenters. The molecule has 6 heavy (non-hydrogen) atoms. The minimum Gasteiger partial charge on any atom is -0.401 e. The van der Waals surface area contributed by atoms with Crippen molar-refractivity contribution in [1.82, 2.24) is 0 Å². The van der Waals surface area contributed by atoms with Crippen LogP contribution in [-0.2, 0) is 0 Å². The topological polar surface area (TPSA) is 38.4 Å². The van der Waals surface area contributed by atoms with Gasteiger partial charge in [0.05, 0.1) is 0 Å². The number of hydrogen-bond acceptors (Lipinski definition) is 2. The molecule has 0 bridgehead atoms. The lowest BCUT2D eigenvalue weighted by molar-refractivity contribution is 1.28. The van der Waals surface area contributed by atoms with E-state index in [0.29, 0.717) is 5.70 Å². The molecule has 0 amide bonds. The Labute approximate surface area is 37.4 Å². The lowest BCUT2D eigenvalue weighted by atomic mass is 10.6. The van der Waals surface area contributed by atoms with Crippen LogP contribution in [-0.4, -0.2) is 6.72 Å². The molecule has 0 fully saturated rings. The molecule has 34 valence electrons. The van der Waals surface area contributed by atoms with Gasteiger partial charge in [0.25, 0.3) is 0 Å². The lowest BCUT2D eigenvalue weighted by Gasteiger charge is -1.77. The molecule has 0 aromatic heterocycles. The highest BCUT2D eigenvalue weighted by atomic mass is 14.7. The van der Waals surface area contributed by atoms with E-state index in [4.69, 9.17) is 5.73 Å². The van der Waals surface area contributed by atoms with Crippen molar-refractivity contribution < 1.29 is 0 Å². The van der Waals surface area contributed by atoms with E-state index in [1.165, 1.54) is 6.20 Å². The van der Waals surface area contributed by atoms with Crippen LogP contribution in [0.15, 0.2) is 16.9 Å². The molecule has 0 heterocycles. The van der Waals surface area contributed by atoms with Crippen molar-refractivity contribution in [3.05, 3.63) is 11.9 Å². The van der Waals surface area contributed by atoms with E-state index >= 15 is 0 Å². The van der Waals surface area contributed by atoms with E-state index in [1.807, 2.05) is 0 Å². The molecule has 2 N–H and O–H groups in total. The summed E-state index contributed by atoms with van der Waals surface area (Å²) in [6, 6.07) is 0. The summed E-state index contributed by atoms with van der Waals surface area (Å²) in [6.07, 6.45) is 1.50. The zero-order valence-electron chi connectivity index (χ0n) is 3.81. The predicted molar refractivity (Wildman–Crippen MR) is 27.5 cm³/mol. The van der Waals surface area contributed by atoms with Gasteiger partial charge in [0.2, 0.25) is 0 Å². The third-order valence-corrected chi connectivity index (χ3v) is 0.295. The van der Waals surface area contributed by atoms with Crippen molar-refractivity contribution in [2.24, 2.45) is 10.7 Å². The Morgan fingerprint density at radius 2 is 2.50 bits per heavy atom. The predicted octanol–water partition coefficient (Wildman–Crippen LogP) is 0.507. The van der Waals surface area contributed by atoms with Crippen LogP contribution in [0.1, 0.15) is 6.92 Å². The molecule has 2 nitrogen and oxygen atoms in total. The van der Waals surface area contributed by atoms with Gasteiger partial charge < -0.3 is 5.73 Å². The molecular formula is C4H8N2. The summed E-state index contributed by atoms with van der Waals surface area (Å²) in [5.74, 6) is 0. The van der Waals surface area contributed by atoms with Gasteiger partial charge in [-0.05, 0) is 13.6 Å². The Morgan fingerprint density at radius 3 is 2.50 bits per heavy atom. The molecule has 0 aromatic carbocycles. The van der Waals surface area contributed by atoms with Gasteiger partial charge in [0.15, 0.2) is 0 Å². The number of nitrogens with two attached hydrogens (primary N) is 1. The largest absolute Gasteiger partial charge is 0.401 e. The van der Waals surface area contributed by atoms with E-state index in [1.54, 1.807) is 6.92 Å². The molecule has 0 unspecified atom stereocenters. The minimum atomic E-state index is 0.685. The second kappa shape index (κ2) is 2.45. The average molecular weight is 84.1 g/mol. The fraction of sp³-hybridized carbons (Fsp3) is 0.250. The second-order valence-corrected chi connectivity index (χ2v) is 1.06. The smallest absolute Gasteiger partial charge is 0.0445 e. The van der Waals surface area contributed by atoms with Crippen molar-refractivity contribution in [3.8, 4) is 0 Å². The fourth-order valence-corrected chi connectivity index (χ4v) is 0.144. The average Bonchev–Trinajstić information content (AvgIpc) is 1.35. The maximum Gasteiger partial charge on any atom is 0.0445 e. The van der Waals surface area contributed by atoms with Crippen molar-refractivity contribution in [1.29, 1.82) is 0 Å². The van der Waals surface area contributed by atoms with Crippen LogP contribution in [0.25, 0.3) is 0 Å². The SMILES string of the molecule is C=N/C=C(/C)N. The summed E-state index contributed by atoms with van der Waals surface area (Å²) in [5, 5.41) is 0. The summed E-state index contributed by atoms with van der Waals surface area (Å²) < 4.78 is 0. The highest BCUT2D eigenvalue weighted by Crippen LogP contribution is 1.75. The van der Waals surface area contributed by atoms with Crippen LogP contribution < -0.4 is 5.73 Å². The van der Waals surface area contributed by atoms with Gasteiger partial charge in [-0.1, -0.05) is 0 Å². The van der Waals surface area contributed by atoms with E-state index in [9.17, 15) is 0 Å². The molecule has 0 spiro atoms. The Kier molecular flexibility index (Phi) is 2.13. The first kappa shape index (κ1) is 5.21.